The summed E-state index contributed by atoms with van der Waals surface area (Å²) in [7, 11) is 0. The quantitative estimate of drug-likeness (QED) is 0.111. The van der Waals surface area contributed by atoms with Gasteiger partial charge in [0.25, 0.3) is 5.91 Å². The Morgan fingerprint density at radius 1 is 0.923 bits per heavy atom. The molecule has 15 heteroatoms. The van der Waals surface area contributed by atoms with E-state index in [1.165, 1.54) is 47.7 Å². The molecule has 1 aromatic heterocycles. The number of carboxylic acid groups (broad SMARTS) is 1. The Kier molecular flexibility index (Phi) is 13.8. The SMILES string of the molecule is C=CC(=O)Nc1ccc(C(=O)N2CCC[C@@H](Nc3ncc(COCc4cccc(C(F)(F)F)c4)s3)C2)cc1.C=CC(=O)Nc1ccc(C(=O)O)cc1. The third kappa shape index (κ3) is 11.9. The van der Waals surface area contributed by atoms with Crippen LogP contribution in [0.25, 0.3) is 0 Å². The molecule has 1 fully saturated rings. The fourth-order valence-corrected chi connectivity index (χ4v) is 5.79. The van der Waals surface area contributed by atoms with E-state index < -0.39 is 17.7 Å². The lowest BCUT2D eigenvalue weighted by molar-refractivity contribution is -0.137. The number of carbonyl (C=O) groups is 4. The van der Waals surface area contributed by atoms with E-state index >= 15 is 0 Å². The minimum absolute atomic E-state index is 0.0314. The van der Waals surface area contributed by atoms with Crippen LogP contribution in [0.15, 0.2) is 104 Å². The van der Waals surface area contributed by atoms with E-state index in [9.17, 15) is 32.3 Å². The first-order chi connectivity index (χ1) is 24.8. The van der Waals surface area contributed by atoms with Crippen LogP contribution >= 0.6 is 11.3 Å². The maximum absolute atomic E-state index is 13.0. The first-order valence-corrected chi connectivity index (χ1v) is 16.7. The number of carbonyl (C=O) groups excluding carboxylic acids is 3. The molecule has 1 atom stereocenters. The van der Waals surface area contributed by atoms with Crippen LogP contribution in [0.1, 0.15) is 49.6 Å². The van der Waals surface area contributed by atoms with Crippen LogP contribution in [0.3, 0.4) is 0 Å². The van der Waals surface area contributed by atoms with Crippen LogP contribution in [0.5, 0.6) is 0 Å². The molecule has 4 aromatic rings. The number of halogens is 3. The van der Waals surface area contributed by atoms with E-state index in [2.05, 4.69) is 34.1 Å². The molecule has 3 aromatic carbocycles. The smallest absolute Gasteiger partial charge is 0.416 e. The molecule has 0 saturated carbocycles. The Labute approximate surface area is 301 Å². The molecule has 0 aliphatic carbocycles. The standard InChI is InChI=1S/C27H27F3N4O3S.C10H9NO3/c1-2-24(35)32-21-10-8-19(9-11-21)25(36)34-12-4-7-22(15-34)33-26-31-14-23(38-26)17-37-16-18-5-3-6-20(13-18)27(28,29)30;1-2-9(12)11-8-5-3-7(4-6-8)10(13)14/h2-3,5-6,8-11,13-14,22H,1,4,7,12,15-17H2,(H,31,33)(H,32,35);2-6H,1H2,(H,11,12)(H,13,14)/t22-;/m1./s1. The lowest BCUT2D eigenvalue weighted by atomic mass is 10.0. The molecular formula is C37H36F3N5O6S. The lowest BCUT2D eigenvalue weighted by Crippen LogP contribution is -2.45. The Bertz CT molecular complexity index is 1880. The van der Waals surface area contributed by atoms with E-state index in [0.29, 0.717) is 40.7 Å². The Balaban J connectivity index is 0.000000363. The minimum atomic E-state index is -4.39. The van der Waals surface area contributed by atoms with Gasteiger partial charge in [-0.2, -0.15) is 13.2 Å². The molecule has 52 heavy (non-hydrogen) atoms. The van der Waals surface area contributed by atoms with Crippen molar-refractivity contribution >= 4 is 51.5 Å². The lowest BCUT2D eigenvalue weighted by Gasteiger charge is -2.33. The summed E-state index contributed by atoms with van der Waals surface area (Å²) in [6.45, 7) is 8.18. The Hall–Kier alpha value is -5.80. The highest BCUT2D eigenvalue weighted by molar-refractivity contribution is 7.15. The zero-order valence-electron chi connectivity index (χ0n) is 27.8. The first-order valence-electron chi connectivity index (χ1n) is 15.9. The van der Waals surface area contributed by atoms with Crippen LogP contribution in [-0.4, -0.2) is 57.8 Å². The molecule has 0 radical (unpaired) electrons. The number of nitrogens with zero attached hydrogens (tertiary/aromatic N) is 2. The van der Waals surface area contributed by atoms with Gasteiger partial charge in [-0.25, -0.2) is 9.78 Å². The topological polar surface area (TPSA) is 150 Å². The zero-order chi connectivity index (χ0) is 37.7. The average molecular weight is 736 g/mol. The molecule has 5 rings (SSSR count). The monoisotopic (exact) mass is 735 g/mol. The summed E-state index contributed by atoms with van der Waals surface area (Å²) in [6.07, 6.45) is 1.34. The number of benzene rings is 3. The summed E-state index contributed by atoms with van der Waals surface area (Å²) in [6, 6.07) is 17.7. The molecule has 0 unspecified atom stereocenters. The molecule has 0 spiro atoms. The molecule has 272 valence electrons. The van der Waals surface area contributed by atoms with Gasteiger partial charge in [-0.3, -0.25) is 14.4 Å². The van der Waals surface area contributed by atoms with Crippen molar-refractivity contribution in [2.75, 3.05) is 29.0 Å². The zero-order valence-corrected chi connectivity index (χ0v) is 28.6. The summed E-state index contributed by atoms with van der Waals surface area (Å²) in [5, 5.41) is 17.8. The van der Waals surface area contributed by atoms with Gasteiger partial charge in [-0.15, -0.1) is 0 Å². The second-order valence-electron chi connectivity index (χ2n) is 11.4. The number of ether oxygens (including phenoxy) is 1. The van der Waals surface area contributed by atoms with E-state index in [0.717, 1.165) is 35.9 Å². The molecule has 11 nitrogen and oxygen atoms in total. The van der Waals surface area contributed by atoms with Crippen molar-refractivity contribution in [3.63, 3.8) is 0 Å². The van der Waals surface area contributed by atoms with Crippen molar-refractivity contribution in [3.05, 3.63) is 131 Å². The van der Waals surface area contributed by atoms with E-state index in [1.54, 1.807) is 41.4 Å². The number of rotatable bonds is 12. The van der Waals surface area contributed by atoms with Crippen LogP contribution in [-0.2, 0) is 33.7 Å². The highest BCUT2D eigenvalue weighted by Gasteiger charge is 2.30. The Morgan fingerprint density at radius 3 is 2.12 bits per heavy atom. The van der Waals surface area contributed by atoms with Crippen LogP contribution in [0.2, 0.25) is 0 Å². The number of alkyl halides is 3. The van der Waals surface area contributed by atoms with E-state index in [-0.39, 0.29) is 42.5 Å². The summed E-state index contributed by atoms with van der Waals surface area (Å²) < 4.78 is 44.2. The molecule has 3 amide bonds. The number of hydrogen-bond acceptors (Lipinski definition) is 8. The molecule has 1 saturated heterocycles. The average Bonchev–Trinajstić information content (AvgIpc) is 3.58. The van der Waals surface area contributed by atoms with Crippen molar-refractivity contribution in [1.82, 2.24) is 9.88 Å². The van der Waals surface area contributed by atoms with Gasteiger partial charge in [0.2, 0.25) is 11.8 Å². The molecule has 2 heterocycles. The molecular weight excluding hydrogens is 699 g/mol. The number of aromatic carboxylic acids is 1. The number of anilines is 3. The Morgan fingerprint density at radius 2 is 1.54 bits per heavy atom. The third-order valence-electron chi connectivity index (χ3n) is 7.53. The molecule has 1 aliphatic heterocycles. The number of aromatic nitrogens is 1. The molecule has 4 N–H and O–H groups in total. The van der Waals surface area contributed by atoms with Crippen molar-refractivity contribution in [2.45, 2.75) is 38.3 Å². The van der Waals surface area contributed by atoms with E-state index in [1.807, 2.05) is 0 Å². The maximum Gasteiger partial charge on any atom is 0.416 e. The second-order valence-corrected chi connectivity index (χ2v) is 12.5. The fourth-order valence-electron chi connectivity index (χ4n) is 4.96. The van der Waals surface area contributed by atoms with Gasteiger partial charge >= 0.3 is 12.1 Å². The van der Waals surface area contributed by atoms with Crippen molar-refractivity contribution in [1.29, 1.82) is 0 Å². The largest absolute Gasteiger partial charge is 0.478 e. The van der Waals surface area contributed by atoms with Crippen molar-refractivity contribution < 1.29 is 42.2 Å². The first kappa shape index (κ1) is 39.0. The number of carboxylic acids is 1. The summed E-state index contributed by atoms with van der Waals surface area (Å²) in [5.74, 6) is -1.72. The van der Waals surface area contributed by atoms with Gasteiger partial charge < -0.3 is 30.7 Å². The van der Waals surface area contributed by atoms with Crippen molar-refractivity contribution in [2.24, 2.45) is 0 Å². The highest BCUT2D eigenvalue weighted by atomic mass is 32.1. The van der Waals surface area contributed by atoms with E-state index in [4.69, 9.17) is 9.84 Å². The van der Waals surface area contributed by atoms with Gasteiger partial charge in [0, 0.05) is 42.3 Å². The second kappa shape index (κ2) is 18.4. The molecule has 1 aliphatic rings. The van der Waals surface area contributed by atoms with Crippen molar-refractivity contribution in [3.8, 4) is 0 Å². The van der Waals surface area contributed by atoms with Crippen LogP contribution in [0, 0.1) is 0 Å². The molecule has 0 bridgehead atoms. The minimum Gasteiger partial charge on any atom is -0.478 e. The fraction of sp³-hybridized carbons (Fsp3) is 0.216. The number of thiazole rings is 1. The summed E-state index contributed by atoms with van der Waals surface area (Å²) >= 11 is 1.41. The van der Waals surface area contributed by atoms with Gasteiger partial charge in [-0.1, -0.05) is 36.6 Å². The summed E-state index contributed by atoms with van der Waals surface area (Å²) in [4.78, 5) is 52.8. The van der Waals surface area contributed by atoms with Gasteiger partial charge in [0.1, 0.15) is 0 Å². The van der Waals surface area contributed by atoms with Crippen LogP contribution < -0.4 is 16.0 Å². The number of nitrogens with one attached hydrogen (secondary N) is 3. The third-order valence-corrected chi connectivity index (χ3v) is 8.43. The highest BCUT2D eigenvalue weighted by Crippen LogP contribution is 2.30. The van der Waals surface area contributed by atoms with Gasteiger partial charge in [0.15, 0.2) is 5.13 Å². The number of amides is 3. The van der Waals surface area contributed by atoms with Crippen LogP contribution in [0.4, 0.5) is 29.7 Å². The van der Waals surface area contributed by atoms with Gasteiger partial charge in [0.05, 0.1) is 29.2 Å². The maximum atomic E-state index is 13.0. The normalized spacial score (nSPS) is 13.9. The van der Waals surface area contributed by atoms with Gasteiger partial charge in [-0.05, 0) is 91.2 Å². The summed E-state index contributed by atoms with van der Waals surface area (Å²) in [5.41, 5.74) is 1.60. The number of likely N-dealkylation sites (tertiary alicyclic amines) is 1. The predicted molar refractivity (Wildman–Crippen MR) is 192 cm³/mol. The predicted octanol–water partition coefficient (Wildman–Crippen LogP) is 7.23. The number of piperidine rings is 1. The number of hydrogen-bond donors (Lipinski definition) is 4.